The summed E-state index contributed by atoms with van der Waals surface area (Å²) in [6.07, 6.45) is 1.85. The summed E-state index contributed by atoms with van der Waals surface area (Å²) in [5.41, 5.74) is 1.95. The lowest BCUT2D eigenvalue weighted by atomic mass is 9.95. The Morgan fingerprint density at radius 2 is 1.70 bits per heavy atom. The van der Waals surface area contributed by atoms with E-state index in [1.807, 2.05) is 79.7 Å². The monoisotopic (exact) mass is 523 g/mol. The minimum atomic E-state index is -0.837. The molecule has 0 aliphatic heterocycles. The molecule has 0 bridgehead atoms. The number of hydrogen-bond acceptors (Lipinski definition) is 6. The van der Waals surface area contributed by atoms with E-state index in [0.717, 1.165) is 34.7 Å². The van der Waals surface area contributed by atoms with Gasteiger partial charge in [-0.25, -0.2) is 4.79 Å². The van der Waals surface area contributed by atoms with Crippen LogP contribution in [0.3, 0.4) is 0 Å². The van der Waals surface area contributed by atoms with Gasteiger partial charge in [-0.1, -0.05) is 92.6 Å². The number of fused-ring (bicyclic) bond motifs is 1. The second kappa shape index (κ2) is 15.4. The standard InChI is InChI=1S/C30H37NO5S/c1-2-3-16-28(30(35)36-19-22-10-5-4-6-11-22)31-29(34)25(20-37-21-26(33)18-32)17-24-14-9-13-23-12-7-8-15-27(23)24/h4-15,25-26,28,32-33H,2-3,16-21H2,1H3,(H,31,34)/t25-,26?,28+/m1/s1. The summed E-state index contributed by atoms with van der Waals surface area (Å²) >= 11 is 1.42. The van der Waals surface area contributed by atoms with Crippen molar-refractivity contribution in [2.45, 2.75) is 51.4 Å². The van der Waals surface area contributed by atoms with Crippen LogP contribution >= 0.6 is 11.8 Å². The Morgan fingerprint density at radius 3 is 2.46 bits per heavy atom. The normalized spacial score (nSPS) is 13.6. The predicted molar refractivity (Wildman–Crippen MR) is 149 cm³/mol. The molecule has 1 unspecified atom stereocenters. The van der Waals surface area contributed by atoms with Crippen LogP contribution in [0.2, 0.25) is 0 Å². The smallest absolute Gasteiger partial charge is 0.328 e. The maximum atomic E-state index is 13.5. The molecule has 1 amide bonds. The molecule has 3 aromatic carbocycles. The zero-order chi connectivity index (χ0) is 26.5. The summed E-state index contributed by atoms with van der Waals surface area (Å²) in [5.74, 6) is -0.290. The van der Waals surface area contributed by atoms with Gasteiger partial charge >= 0.3 is 5.97 Å². The van der Waals surface area contributed by atoms with Gasteiger partial charge in [0.1, 0.15) is 12.6 Å². The lowest BCUT2D eigenvalue weighted by Gasteiger charge is -2.23. The molecule has 7 heteroatoms. The van der Waals surface area contributed by atoms with Crippen molar-refractivity contribution in [3.05, 3.63) is 83.9 Å². The molecule has 37 heavy (non-hydrogen) atoms. The molecular formula is C30H37NO5S. The summed E-state index contributed by atoms with van der Waals surface area (Å²) in [5, 5.41) is 24.1. The van der Waals surface area contributed by atoms with Crippen molar-refractivity contribution in [2.75, 3.05) is 18.1 Å². The molecule has 0 aliphatic carbocycles. The van der Waals surface area contributed by atoms with Crippen LogP contribution in [-0.2, 0) is 27.4 Å². The molecule has 0 spiro atoms. The molecule has 0 radical (unpaired) electrons. The maximum absolute atomic E-state index is 13.5. The fraction of sp³-hybridized carbons (Fsp3) is 0.400. The first-order valence-corrected chi connectivity index (χ1v) is 14.0. The number of aliphatic hydroxyl groups excluding tert-OH is 2. The molecule has 3 rings (SSSR count). The highest BCUT2D eigenvalue weighted by Crippen LogP contribution is 2.24. The summed E-state index contributed by atoms with van der Waals surface area (Å²) < 4.78 is 5.55. The van der Waals surface area contributed by atoms with E-state index in [0.29, 0.717) is 24.3 Å². The topological polar surface area (TPSA) is 95.9 Å². The summed E-state index contributed by atoms with van der Waals surface area (Å²) in [4.78, 5) is 26.5. The first-order chi connectivity index (χ1) is 18.0. The minimum absolute atomic E-state index is 0.159. The Labute approximate surface area is 223 Å². The molecule has 0 saturated heterocycles. The van der Waals surface area contributed by atoms with E-state index < -0.39 is 24.0 Å². The lowest BCUT2D eigenvalue weighted by Crippen LogP contribution is -2.45. The van der Waals surface area contributed by atoms with Gasteiger partial charge in [-0.15, -0.1) is 0 Å². The second-order valence-corrected chi connectivity index (χ2v) is 10.3. The van der Waals surface area contributed by atoms with E-state index in [1.165, 1.54) is 11.8 Å². The van der Waals surface area contributed by atoms with Crippen LogP contribution in [-0.4, -0.2) is 52.3 Å². The van der Waals surface area contributed by atoms with Gasteiger partial charge in [0.05, 0.1) is 18.6 Å². The van der Waals surface area contributed by atoms with Gasteiger partial charge in [0.2, 0.25) is 5.91 Å². The quantitative estimate of drug-likeness (QED) is 0.254. The molecule has 0 aliphatic rings. The van der Waals surface area contributed by atoms with Gasteiger partial charge in [0.15, 0.2) is 0 Å². The van der Waals surface area contributed by atoms with E-state index in [1.54, 1.807) is 0 Å². The third-order valence-corrected chi connectivity index (χ3v) is 7.49. The summed E-state index contributed by atoms with van der Waals surface area (Å²) in [6, 6.07) is 22.9. The van der Waals surface area contributed by atoms with E-state index in [9.17, 15) is 14.7 Å². The second-order valence-electron chi connectivity index (χ2n) is 9.21. The Kier molecular flexibility index (Phi) is 11.9. The van der Waals surface area contributed by atoms with Crippen LogP contribution in [0.25, 0.3) is 10.8 Å². The van der Waals surface area contributed by atoms with Crippen molar-refractivity contribution < 1.29 is 24.5 Å². The van der Waals surface area contributed by atoms with E-state index in [-0.39, 0.29) is 19.1 Å². The average molecular weight is 524 g/mol. The molecule has 3 aromatic rings. The highest BCUT2D eigenvalue weighted by Gasteiger charge is 2.27. The number of rotatable bonds is 15. The van der Waals surface area contributed by atoms with Crippen molar-refractivity contribution in [1.82, 2.24) is 5.32 Å². The third kappa shape index (κ3) is 9.18. The highest BCUT2D eigenvalue weighted by atomic mass is 32.2. The average Bonchev–Trinajstić information content (AvgIpc) is 2.93. The highest BCUT2D eigenvalue weighted by molar-refractivity contribution is 7.99. The first kappa shape index (κ1) is 28.7. The molecule has 0 fully saturated rings. The van der Waals surface area contributed by atoms with Crippen LogP contribution in [0.4, 0.5) is 0 Å². The molecule has 0 saturated carbocycles. The Balaban J connectivity index is 1.73. The van der Waals surface area contributed by atoms with Gasteiger partial charge in [-0.2, -0.15) is 11.8 Å². The van der Waals surface area contributed by atoms with Gasteiger partial charge in [0, 0.05) is 11.5 Å². The first-order valence-electron chi connectivity index (χ1n) is 12.9. The van der Waals surface area contributed by atoms with E-state index in [4.69, 9.17) is 9.84 Å². The Bertz CT molecular complexity index is 1120. The van der Waals surface area contributed by atoms with Crippen molar-refractivity contribution >= 4 is 34.4 Å². The number of carbonyl (C=O) groups excluding carboxylic acids is 2. The van der Waals surface area contributed by atoms with Crippen LogP contribution in [0.15, 0.2) is 72.8 Å². The fourth-order valence-corrected chi connectivity index (χ4v) is 5.21. The number of ether oxygens (including phenoxy) is 1. The van der Waals surface area contributed by atoms with Crippen molar-refractivity contribution in [3.63, 3.8) is 0 Å². The minimum Gasteiger partial charge on any atom is -0.459 e. The number of carbonyl (C=O) groups is 2. The molecule has 3 atom stereocenters. The summed E-state index contributed by atoms with van der Waals surface area (Å²) in [7, 11) is 0. The molecule has 198 valence electrons. The molecule has 6 nitrogen and oxygen atoms in total. The number of hydrogen-bond donors (Lipinski definition) is 3. The number of thioether (sulfide) groups is 1. The van der Waals surface area contributed by atoms with Gasteiger partial charge in [-0.05, 0) is 34.7 Å². The van der Waals surface area contributed by atoms with Crippen LogP contribution in [0.5, 0.6) is 0 Å². The third-order valence-electron chi connectivity index (χ3n) is 6.23. The van der Waals surface area contributed by atoms with Gasteiger partial charge in [0.25, 0.3) is 0 Å². The molecule has 0 heterocycles. The number of aliphatic hydroxyl groups is 2. The fourth-order valence-electron chi connectivity index (χ4n) is 4.14. The molecular weight excluding hydrogens is 486 g/mol. The molecule has 0 aromatic heterocycles. The van der Waals surface area contributed by atoms with Gasteiger partial charge < -0.3 is 20.3 Å². The number of benzene rings is 3. The van der Waals surface area contributed by atoms with Gasteiger partial charge in [-0.3, -0.25) is 4.79 Å². The Hall–Kier alpha value is -2.87. The molecule has 3 N–H and O–H groups in total. The van der Waals surface area contributed by atoms with Crippen LogP contribution in [0.1, 0.15) is 37.3 Å². The predicted octanol–water partition coefficient (Wildman–Crippen LogP) is 4.50. The van der Waals surface area contributed by atoms with E-state index in [2.05, 4.69) is 5.32 Å². The number of esters is 1. The maximum Gasteiger partial charge on any atom is 0.328 e. The number of amides is 1. The van der Waals surface area contributed by atoms with Crippen molar-refractivity contribution in [1.29, 1.82) is 0 Å². The van der Waals surface area contributed by atoms with Crippen molar-refractivity contribution in [3.8, 4) is 0 Å². The SMILES string of the molecule is CCCC[C@H](NC(=O)[C@@H](CSCC(O)CO)Cc1cccc2ccccc12)C(=O)OCc1ccccc1. The lowest BCUT2D eigenvalue weighted by molar-refractivity contribution is -0.149. The summed E-state index contributed by atoms with van der Waals surface area (Å²) in [6.45, 7) is 1.88. The Morgan fingerprint density at radius 1 is 0.973 bits per heavy atom. The van der Waals surface area contributed by atoms with Crippen LogP contribution in [0, 0.1) is 5.92 Å². The van der Waals surface area contributed by atoms with E-state index >= 15 is 0 Å². The number of unbranched alkanes of at least 4 members (excludes halogenated alkanes) is 1. The van der Waals surface area contributed by atoms with Crippen molar-refractivity contribution in [2.24, 2.45) is 5.92 Å². The van der Waals surface area contributed by atoms with Crippen LogP contribution < -0.4 is 5.32 Å². The zero-order valence-electron chi connectivity index (χ0n) is 21.3. The zero-order valence-corrected chi connectivity index (χ0v) is 22.2. The largest absolute Gasteiger partial charge is 0.459 e. The number of nitrogens with one attached hydrogen (secondary N) is 1.